The van der Waals surface area contributed by atoms with Crippen molar-refractivity contribution >= 4 is 34.0 Å². The lowest BCUT2D eigenvalue weighted by atomic mass is 10.1. The largest absolute Gasteiger partial charge is 0.467 e. The highest BCUT2D eigenvalue weighted by atomic mass is 32.1. The fourth-order valence-electron chi connectivity index (χ4n) is 3.66. The van der Waals surface area contributed by atoms with Crippen LogP contribution in [0.3, 0.4) is 0 Å². The maximum atomic E-state index is 12.8. The predicted molar refractivity (Wildman–Crippen MR) is 115 cm³/mol. The second-order valence-electron chi connectivity index (χ2n) is 7.15. The Kier molecular flexibility index (Phi) is 5.85. The minimum absolute atomic E-state index is 0.0867. The van der Waals surface area contributed by atoms with Crippen molar-refractivity contribution in [3.8, 4) is 0 Å². The van der Waals surface area contributed by atoms with Gasteiger partial charge < -0.3 is 14.1 Å². The molecule has 0 radical (unpaired) electrons. The summed E-state index contributed by atoms with van der Waals surface area (Å²) in [4.78, 5) is 31.0. The minimum Gasteiger partial charge on any atom is -0.467 e. The van der Waals surface area contributed by atoms with Gasteiger partial charge >= 0.3 is 5.97 Å². The molecule has 7 nitrogen and oxygen atoms in total. The average molecular weight is 426 g/mol. The Hall–Kier alpha value is -3.13. The third-order valence-electron chi connectivity index (χ3n) is 5.06. The molecule has 2 aromatic heterocycles. The van der Waals surface area contributed by atoms with Gasteiger partial charge in [0, 0.05) is 17.1 Å². The number of nitrogens with zero attached hydrogens (tertiary/aromatic N) is 2. The molecule has 1 unspecified atom stereocenters. The summed E-state index contributed by atoms with van der Waals surface area (Å²) in [6.45, 7) is 4.77. The average Bonchev–Trinajstić information content (AvgIpc) is 3.42. The van der Waals surface area contributed by atoms with Gasteiger partial charge in [-0.2, -0.15) is 0 Å². The second-order valence-corrected chi connectivity index (χ2v) is 8.01. The van der Waals surface area contributed by atoms with Crippen molar-refractivity contribution in [1.82, 2.24) is 4.98 Å². The lowest BCUT2D eigenvalue weighted by molar-refractivity contribution is -0.142. The summed E-state index contributed by atoms with van der Waals surface area (Å²) in [5.41, 5.74) is 3.54. The predicted octanol–water partition coefficient (Wildman–Crippen LogP) is 4.05. The number of hydrogen-bond acceptors (Lipinski definition) is 7. The van der Waals surface area contributed by atoms with Gasteiger partial charge in [-0.15, -0.1) is 11.3 Å². The zero-order chi connectivity index (χ0) is 21.1. The number of esters is 1. The van der Waals surface area contributed by atoms with Crippen LogP contribution < -0.4 is 10.2 Å². The molecule has 1 aromatic carbocycles. The van der Waals surface area contributed by atoms with Crippen molar-refractivity contribution in [2.24, 2.45) is 0 Å². The number of carbonyl (C=O) groups is 2. The van der Waals surface area contributed by atoms with Crippen molar-refractivity contribution in [3.05, 3.63) is 64.6 Å². The number of ether oxygens (including phenoxy) is 1. The van der Waals surface area contributed by atoms with Gasteiger partial charge in [-0.3, -0.25) is 14.9 Å². The maximum absolute atomic E-state index is 12.8. The quantitative estimate of drug-likeness (QED) is 0.575. The number of anilines is 2. The van der Waals surface area contributed by atoms with E-state index in [1.54, 1.807) is 18.4 Å². The fourth-order valence-corrected chi connectivity index (χ4v) is 4.37. The minimum atomic E-state index is -0.335. The number of amides is 1. The molecule has 0 saturated carbocycles. The van der Waals surface area contributed by atoms with Crippen LogP contribution >= 0.6 is 11.3 Å². The highest BCUT2D eigenvalue weighted by Crippen LogP contribution is 2.33. The van der Waals surface area contributed by atoms with E-state index in [1.807, 2.05) is 12.1 Å². The van der Waals surface area contributed by atoms with E-state index in [4.69, 9.17) is 9.15 Å². The number of fused-ring (bicyclic) bond motifs is 1. The smallest absolute Gasteiger partial charge is 0.311 e. The van der Waals surface area contributed by atoms with E-state index in [1.165, 1.54) is 28.9 Å². The van der Waals surface area contributed by atoms with Crippen LogP contribution in [0.5, 0.6) is 0 Å². The number of carbonyl (C=O) groups excluding carboxylic acids is 2. The van der Waals surface area contributed by atoms with Crippen LogP contribution in [0.25, 0.3) is 0 Å². The molecule has 4 rings (SSSR count). The maximum Gasteiger partial charge on any atom is 0.311 e. The summed E-state index contributed by atoms with van der Waals surface area (Å²) in [5.74, 6) is -0.00640. The molecule has 1 amide bonds. The Morgan fingerprint density at radius 3 is 3.00 bits per heavy atom. The van der Waals surface area contributed by atoms with E-state index in [2.05, 4.69) is 34.3 Å². The van der Waals surface area contributed by atoms with Crippen LogP contribution in [0.15, 0.2) is 46.4 Å². The molecule has 0 saturated heterocycles. The van der Waals surface area contributed by atoms with Crippen molar-refractivity contribution in [2.45, 2.75) is 39.3 Å². The van der Waals surface area contributed by atoms with Gasteiger partial charge in [0.15, 0.2) is 5.13 Å². The Labute approximate surface area is 178 Å². The van der Waals surface area contributed by atoms with Gasteiger partial charge in [0.1, 0.15) is 5.76 Å². The van der Waals surface area contributed by atoms with E-state index in [9.17, 15) is 9.59 Å². The van der Waals surface area contributed by atoms with Gasteiger partial charge in [0.25, 0.3) is 5.91 Å². The van der Waals surface area contributed by atoms with E-state index in [-0.39, 0.29) is 18.3 Å². The lowest BCUT2D eigenvalue weighted by Crippen LogP contribution is -2.29. The Morgan fingerprint density at radius 2 is 2.17 bits per heavy atom. The molecule has 1 aliphatic heterocycles. The molecule has 0 spiro atoms. The van der Waals surface area contributed by atoms with Crippen LogP contribution in [0, 0.1) is 0 Å². The van der Waals surface area contributed by atoms with Crippen LogP contribution in [-0.2, 0) is 28.9 Å². The molecule has 0 bridgehead atoms. The first kappa shape index (κ1) is 20.2. The standard InChI is InChI=1S/C22H23N3O4S/c1-3-28-20(26)11-16-13-30-22(23-16)24-21(27)17-8-9-29-19(17)12-25-14(2)10-15-6-4-5-7-18(15)25/h4-9,13-14H,3,10-12H2,1-2H3,(H,23,24,27). The first-order valence-corrected chi connectivity index (χ1v) is 10.8. The molecule has 156 valence electrons. The number of para-hydroxylation sites is 1. The van der Waals surface area contributed by atoms with E-state index >= 15 is 0 Å². The molecule has 1 N–H and O–H groups in total. The summed E-state index contributed by atoms with van der Waals surface area (Å²) in [7, 11) is 0. The third-order valence-corrected chi connectivity index (χ3v) is 5.86. The summed E-state index contributed by atoms with van der Waals surface area (Å²) in [6.07, 6.45) is 2.59. The van der Waals surface area contributed by atoms with Gasteiger partial charge in [-0.1, -0.05) is 18.2 Å². The summed E-state index contributed by atoms with van der Waals surface area (Å²) in [6, 6.07) is 10.3. The lowest BCUT2D eigenvalue weighted by Gasteiger charge is -2.24. The molecule has 30 heavy (non-hydrogen) atoms. The number of hydrogen-bond donors (Lipinski definition) is 1. The number of thiazole rings is 1. The Balaban J connectivity index is 1.44. The zero-order valence-corrected chi connectivity index (χ0v) is 17.7. The summed E-state index contributed by atoms with van der Waals surface area (Å²) < 4.78 is 10.6. The molecule has 3 aromatic rings. The highest BCUT2D eigenvalue weighted by Gasteiger charge is 2.28. The molecule has 0 fully saturated rings. The van der Waals surface area contributed by atoms with Crippen molar-refractivity contribution < 1.29 is 18.7 Å². The van der Waals surface area contributed by atoms with E-state index < -0.39 is 0 Å². The van der Waals surface area contributed by atoms with Gasteiger partial charge in [-0.05, 0) is 38.0 Å². The fraction of sp³-hybridized carbons (Fsp3) is 0.318. The van der Waals surface area contributed by atoms with Crippen LogP contribution in [0.4, 0.5) is 10.8 Å². The Morgan fingerprint density at radius 1 is 1.33 bits per heavy atom. The molecule has 0 aliphatic carbocycles. The van der Waals surface area contributed by atoms with E-state index in [0.29, 0.717) is 41.3 Å². The van der Waals surface area contributed by atoms with Crippen molar-refractivity contribution in [1.29, 1.82) is 0 Å². The monoisotopic (exact) mass is 425 g/mol. The van der Waals surface area contributed by atoms with Gasteiger partial charge in [0.05, 0.1) is 37.1 Å². The summed E-state index contributed by atoms with van der Waals surface area (Å²) in [5, 5.41) is 4.98. The number of benzene rings is 1. The zero-order valence-electron chi connectivity index (χ0n) is 16.9. The summed E-state index contributed by atoms with van der Waals surface area (Å²) >= 11 is 1.27. The molecule has 1 aliphatic rings. The molecular weight excluding hydrogens is 402 g/mol. The van der Waals surface area contributed by atoms with Crippen LogP contribution in [0.1, 0.15) is 41.2 Å². The second kappa shape index (κ2) is 8.71. The molecule has 1 atom stereocenters. The first-order chi connectivity index (χ1) is 14.5. The van der Waals surface area contributed by atoms with Gasteiger partial charge in [-0.25, -0.2) is 4.98 Å². The normalized spacial score (nSPS) is 15.1. The van der Waals surface area contributed by atoms with Crippen molar-refractivity contribution in [3.63, 3.8) is 0 Å². The third kappa shape index (κ3) is 4.23. The van der Waals surface area contributed by atoms with Crippen molar-refractivity contribution in [2.75, 3.05) is 16.8 Å². The topological polar surface area (TPSA) is 84.7 Å². The molecular formula is C22H23N3O4S. The highest BCUT2D eigenvalue weighted by molar-refractivity contribution is 7.14. The van der Waals surface area contributed by atoms with Crippen LogP contribution in [-0.4, -0.2) is 29.5 Å². The first-order valence-electron chi connectivity index (χ1n) is 9.87. The number of furan rings is 1. The molecule has 8 heteroatoms. The molecule has 3 heterocycles. The van der Waals surface area contributed by atoms with E-state index in [0.717, 1.165) is 6.42 Å². The Bertz CT molecular complexity index is 1060. The number of rotatable bonds is 7. The van der Waals surface area contributed by atoms with Gasteiger partial charge in [0.2, 0.25) is 0 Å². The SMILES string of the molecule is CCOC(=O)Cc1csc(NC(=O)c2ccoc2CN2c3ccccc3CC2C)n1. The number of aromatic nitrogens is 1. The number of nitrogens with one attached hydrogen (secondary N) is 1. The van der Waals surface area contributed by atoms with Crippen LogP contribution in [0.2, 0.25) is 0 Å².